The van der Waals surface area contributed by atoms with Crippen LogP contribution in [0.25, 0.3) is 0 Å². The van der Waals surface area contributed by atoms with E-state index in [2.05, 4.69) is 56.0 Å². The van der Waals surface area contributed by atoms with Crippen LogP contribution in [0.4, 0.5) is 0 Å². The molecule has 1 heterocycles. The van der Waals surface area contributed by atoms with Gasteiger partial charge in [0, 0.05) is 24.7 Å². The number of carboxylic acid groups (broad SMARTS) is 1. The van der Waals surface area contributed by atoms with Crippen molar-refractivity contribution in [2.75, 3.05) is 13.1 Å². The molecule has 1 fully saturated rings. The molecule has 4 heteroatoms. The molecule has 1 atom stereocenters. The van der Waals surface area contributed by atoms with Gasteiger partial charge < -0.3 is 5.11 Å². The van der Waals surface area contributed by atoms with Gasteiger partial charge in [0.2, 0.25) is 0 Å². The number of carbonyl (C=O) groups is 1. The summed E-state index contributed by atoms with van der Waals surface area (Å²) in [6, 6.07) is 13.1. The third kappa shape index (κ3) is 4.42. The number of aryl methyl sites for hydroxylation is 2. The minimum atomic E-state index is -0.696. The van der Waals surface area contributed by atoms with Crippen LogP contribution in [0.5, 0.6) is 0 Å². The maximum atomic E-state index is 11.3. The molecule has 0 aromatic heterocycles. The van der Waals surface area contributed by atoms with Gasteiger partial charge in [0.1, 0.15) is 0 Å². The van der Waals surface area contributed by atoms with Crippen LogP contribution < -0.4 is 0 Å². The molecule has 1 saturated heterocycles. The number of rotatable bonds is 7. The van der Waals surface area contributed by atoms with E-state index in [0.717, 1.165) is 30.0 Å². The van der Waals surface area contributed by atoms with E-state index in [4.69, 9.17) is 11.6 Å². The molecular formula is C24H30ClNO2. The van der Waals surface area contributed by atoms with E-state index in [1.165, 1.54) is 22.3 Å². The summed E-state index contributed by atoms with van der Waals surface area (Å²) >= 11 is 6.19. The largest absolute Gasteiger partial charge is 0.481 e. The van der Waals surface area contributed by atoms with Gasteiger partial charge in [-0.2, -0.15) is 0 Å². The topological polar surface area (TPSA) is 40.5 Å². The molecule has 0 spiro atoms. The molecule has 0 bridgehead atoms. The Morgan fingerprint density at radius 3 is 2.50 bits per heavy atom. The lowest BCUT2D eigenvalue weighted by atomic mass is 9.81. The molecular weight excluding hydrogens is 370 g/mol. The van der Waals surface area contributed by atoms with Crippen molar-refractivity contribution in [1.82, 2.24) is 4.90 Å². The van der Waals surface area contributed by atoms with Crippen LogP contribution >= 0.6 is 11.6 Å². The number of aliphatic carboxylic acids is 1. The van der Waals surface area contributed by atoms with Crippen LogP contribution in [0.2, 0.25) is 5.02 Å². The van der Waals surface area contributed by atoms with Crippen LogP contribution in [0.15, 0.2) is 36.4 Å². The Morgan fingerprint density at radius 2 is 1.89 bits per heavy atom. The quantitative estimate of drug-likeness (QED) is 0.658. The Labute approximate surface area is 173 Å². The highest BCUT2D eigenvalue weighted by atomic mass is 35.5. The zero-order valence-corrected chi connectivity index (χ0v) is 18.0. The van der Waals surface area contributed by atoms with Crippen LogP contribution in [-0.4, -0.2) is 29.1 Å². The molecule has 0 amide bonds. The lowest BCUT2D eigenvalue weighted by Crippen LogP contribution is -2.58. The summed E-state index contributed by atoms with van der Waals surface area (Å²) in [7, 11) is 0. The second-order valence-corrected chi connectivity index (χ2v) is 9.00. The highest BCUT2D eigenvalue weighted by Crippen LogP contribution is 2.32. The first kappa shape index (κ1) is 20.9. The van der Waals surface area contributed by atoms with Crippen molar-refractivity contribution in [3.8, 4) is 0 Å². The summed E-state index contributed by atoms with van der Waals surface area (Å²) in [6.45, 7) is 10.3. The average molecular weight is 400 g/mol. The van der Waals surface area contributed by atoms with Gasteiger partial charge in [-0.1, -0.05) is 48.9 Å². The predicted octanol–water partition coefficient (Wildman–Crippen LogP) is 5.60. The van der Waals surface area contributed by atoms with Gasteiger partial charge in [0.15, 0.2) is 0 Å². The highest BCUT2D eigenvalue weighted by molar-refractivity contribution is 6.31. The lowest BCUT2D eigenvalue weighted by Gasteiger charge is -2.45. The van der Waals surface area contributed by atoms with E-state index in [0.29, 0.717) is 19.0 Å². The van der Waals surface area contributed by atoms with Crippen LogP contribution in [0.1, 0.15) is 54.0 Å². The molecule has 2 aromatic carbocycles. The summed E-state index contributed by atoms with van der Waals surface area (Å²) in [5, 5.41) is 10.1. The SMILES string of the molecule is CC[C@@H](Cc1ccc(C)c(CN2CC(C)(C(=O)O)C2)c1)c1ccc(Cl)c(C)c1. The summed E-state index contributed by atoms with van der Waals surface area (Å²) in [6.07, 6.45) is 2.07. The second kappa shape index (κ2) is 8.26. The van der Waals surface area contributed by atoms with Crippen molar-refractivity contribution >= 4 is 17.6 Å². The van der Waals surface area contributed by atoms with E-state index in [1.807, 2.05) is 13.0 Å². The number of hydrogen-bond acceptors (Lipinski definition) is 2. The smallest absolute Gasteiger partial charge is 0.311 e. The summed E-state index contributed by atoms with van der Waals surface area (Å²) in [5.74, 6) is -0.232. The molecule has 0 unspecified atom stereocenters. The van der Waals surface area contributed by atoms with Crippen LogP contribution in [0, 0.1) is 19.3 Å². The monoisotopic (exact) mass is 399 g/mol. The fourth-order valence-corrected chi connectivity index (χ4v) is 4.27. The van der Waals surface area contributed by atoms with Gasteiger partial charge in [-0.3, -0.25) is 9.69 Å². The Hall–Kier alpha value is -1.84. The van der Waals surface area contributed by atoms with E-state index in [9.17, 15) is 9.90 Å². The predicted molar refractivity (Wildman–Crippen MR) is 115 cm³/mol. The number of hydrogen-bond donors (Lipinski definition) is 1. The fraction of sp³-hybridized carbons (Fsp3) is 0.458. The molecule has 0 aliphatic carbocycles. The molecule has 3 nitrogen and oxygen atoms in total. The number of nitrogens with zero attached hydrogens (tertiary/aromatic N) is 1. The van der Waals surface area contributed by atoms with E-state index >= 15 is 0 Å². The standard InChI is InChI=1S/C24H30ClNO2/c1-5-19(20-8-9-22(25)17(3)10-20)11-18-7-6-16(2)21(12-18)13-26-14-24(4,15-26)23(27)28/h6-10,12,19H,5,11,13-15H2,1-4H3,(H,27,28)/t19-/m0/s1. The van der Waals surface area contributed by atoms with Crippen molar-refractivity contribution in [3.05, 3.63) is 69.2 Å². The van der Waals surface area contributed by atoms with E-state index in [-0.39, 0.29) is 0 Å². The molecule has 1 aliphatic heterocycles. The molecule has 0 radical (unpaired) electrons. The first-order chi connectivity index (χ1) is 13.2. The van der Waals surface area contributed by atoms with Crippen molar-refractivity contribution in [3.63, 3.8) is 0 Å². The van der Waals surface area contributed by atoms with Crippen molar-refractivity contribution in [2.45, 2.75) is 53.0 Å². The minimum Gasteiger partial charge on any atom is -0.481 e. The zero-order valence-electron chi connectivity index (χ0n) is 17.3. The van der Waals surface area contributed by atoms with Gasteiger partial charge in [-0.05, 0) is 73.4 Å². The number of likely N-dealkylation sites (tertiary alicyclic amines) is 1. The summed E-state index contributed by atoms with van der Waals surface area (Å²) < 4.78 is 0. The number of benzene rings is 2. The maximum absolute atomic E-state index is 11.3. The third-order valence-corrected chi connectivity index (χ3v) is 6.52. The van der Waals surface area contributed by atoms with Gasteiger partial charge >= 0.3 is 5.97 Å². The van der Waals surface area contributed by atoms with Gasteiger partial charge in [0.05, 0.1) is 5.41 Å². The Balaban J connectivity index is 1.72. The minimum absolute atomic E-state index is 0.464. The summed E-state index contributed by atoms with van der Waals surface area (Å²) in [4.78, 5) is 13.5. The lowest BCUT2D eigenvalue weighted by molar-refractivity contribution is -0.158. The Kier molecular flexibility index (Phi) is 6.16. The normalized spacial score (nSPS) is 17.2. The highest BCUT2D eigenvalue weighted by Gasteiger charge is 2.45. The number of halogens is 1. The van der Waals surface area contributed by atoms with Crippen molar-refractivity contribution < 1.29 is 9.90 Å². The van der Waals surface area contributed by atoms with E-state index in [1.54, 1.807) is 0 Å². The molecule has 1 aliphatic rings. The van der Waals surface area contributed by atoms with Gasteiger partial charge in [0.25, 0.3) is 0 Å². The molecule has 2 aromatic rings. The molecule has 0 saturated carbocycles. The molecule has 3 rings (SSSR count). The number of carboxylic acids is 1. The average Bonchev–Trinajstić information content (AvgIpc) is 2.63. The molecule has 28 heavy (non-hydrogen) atoms. The van der Waals surface area contributed by atoms with E-state index < -0.39 is 11.4 Å². The van der Waals surface area contributed by atoms with Crippen molar-refractivity contribution in [2.24, 2.45) is 5.41 Å². The molecule has 150 valence electrons. The molecule has 1 N–H and O–H groups in total. The first-order valence-electron chi connectivity index (χ1n) is 10.0. The zero-order chi connectivity index (χ0) is 20.5. The third-order valence-electron chi connectivity index (χ3n) is 6.10. The second-order valence-electron chi connectivity index (χ2n) is 8.59. The fourth-order valence-electron chi connectivity index (χ4n) is 4.16. The Bertz CT molecular complexity index is 871. The Morgan fingerprint density at radius 1 is 1.18 bits per heavy atom. The first-order valence-corrected chi connectivity index (χ1v) is 10.4. The van der Waals surface area contributed by atoms with Gasteiger partial charge in [-0.15, -0.1) is 0 Å². The van der Waals surface area contributed by atoms with Crippen LogP contribution in [0.3, 0.4) is 0 Å². The van der Waals surface area contributed by atoms with Gasteiger partial charge in [-0.25, -0.2) is 0 Å². The van der Waals surface area contributed by atoms with Crippen LogP contribution in [-0.2, 0) is 17.8 Å². The maximum Gasteiger partial charge on any atom is 0.311 e. The van der Waals surface area contributed by atoms with Crippen molar-refractivity contribution in [1.29, 1.82) is 0 Å². The summed E-state index contributed by atoms with van der Waals surface area (Å²) in [5.41, 5.74) is 5.77.